The van der Waals surface area contributed by atoms with Crippen LogP contribution in [0.3, 0.4) is 0 Å². The highest BCUT2D eigenvalue weighted by Gasteiger charge is 2.31. The zero-order chi connectivity index (χ0) is 28.5. The molecule has 1 aliphatic rings. The topological polar surface area (TPSA) is 79.9 Å². The van der Waals surface area contributed by atoms with Gasteiger partial charge >= 0.3 is 6.36 Å². The largest absolute Gasteiger partial charge is 0.573 e. The molecule has 2 N–H and O–H groups in total. The van der Waals surface area contributed by atoms with E-state index in [9.17, 15) is 22.8 Å². The second kappa shape index (κ2) is 13.5. The van der Waals surface area contributed by atoms with Gasteiger partial charge in [0.2, 0.25) is 11.8 Å². The van der Waals surface area contributed by atoms with Crippen LogP contribution in [0.4, 0.5) is 18.9 Å². The lowest BCUT2D eigenvalue weighted by Gasteiger charge is -2.29. The van der Waals surface area contributed by atoms with Gasteiger partial charge in [0.25, 0.3) is 0 Å². The van der Waals surface area contributed by atoms with Crippen molar-refractivity contribution < 1.29 is 32.2 Å². The average Bonchev–Trinajstić information content (AvgIpc) is 2.95. The smallest absolute Gasteiger partial charge is 0.406 e. The Morgan fingerprint density at radius 1 is 0.925 bits per heavy atom. The van der Waals surface area contributed by atoms with Crippen LogP contribution in [-0.4, -0.2) is 55.9 Å². The zero-order valence-corrected chi connectivity index (χ0v) is 22.3. The van der Waals surface area contributed by atoms with Gasteiger partial charge in [0.1, 0.15) is 5.75 Å². The summed E-state index contributed by atoms with van der Waals surface area (Å²) in [7, 11) is 0. The van der Waals surface area contributed by atoms with Crippen molar-refractivity contribution in [3.63, 3.8) is 0 Å². The maximum atomic E-state index is 13.7. The van der Waals surface area contributed by atoms with Gasteiger partial charge in [-0.25, -0.2) is 0 Å². The van der Waals surface area contributed by atoms with Gasteiger partial charge in [-0.05, 0) is 47.5 Å². The van der Waals surface area contributed by atoms with E-state index < -0.39 is 18.3 Å². The number of benzene rings is 3. The first-order valence-corrected chi connectivity index (χ1v) is 13.1. The van der Waals surface area contributed by atoms with Crippen LogP contribution in [0.5, 0.6) is 5.75 Å². The Hall–Kier alpha value is -3.76. The van der Waals surface area contributed by atoms with Crippen LogP contribution in [0, 0.1) is 0 Å². The molecule has 4 rings (SSSR count). The Balaban J connectivity index is 1.50. The van der Waals surface area contributed by atoms with E-state index in [4.69, 9.17) is 16.3 Å². The fraction of sp³-hybridized carbons (Fsp3) is 0.310. The van der Waals surface area contributed by atoms with Crippen molar-refractivity contribution >= 4 is 29.1 Å². The summed E-state index contributed by atoms with van der Waals surface area (Å²) in [5.74, 6) is -1.58. The third-order valence-electron chi connectivity index (χ3n) is 6.45. The van der Waals surface area contributed by atoms with Gasteiger partial charge in [0, 0.05) is 36.8 Å². The number of alkyl halides is 3. The van der Waals surface area contributed by atoms with E-state index in [2.05, 4.69) is 15.4 Å². The predicted octanol–water partition coefficient (Wildman–Crippen LogP) is 5.54. The Morgan fingerprint density at radius 2 is 1.57 bits per heavy atom. The molecule has 7 nitrogen and oxygen atoms in total. The Morgan fingerprint density at radius 3 is 2.20 bits per heavy atom. The molecule has 0 bridgehead atoms. The molecule has 11 heteroatoms. The molecule has 0 saturated carbocycles. The standard InChI is InChI=1S/C29H29ClF3N3O4/c30-22-8-6-20(7-9-22)25(18-27(37)36-14-16-39-17-15-36)28(38)35-26(21-4-2-1-3-5-21)19-34-23-10-12-24(13-11-23)40-29(31,32)33/h1-13,25-26,34H,14-19H2,(H,35,38)/t25-,26+/m0/s1. The van der Waals surface area contributed by atoms with Crippen molar-refractivity contribution in [2.75, 3.05) is 38.2 Å². The molecule has 2 atom stereocenters. The van der Waals surface area contributed by atoms with Crippen LogP contribution in [0.2, 0.25) is 5.02 Å². The van der Waals surface area contributed by atoms with Crippen LogP contribution in [0.25, 0.3) is 0 Å². The minimum Gasteiger partial charge on any atom is -0.406 e. The minimum atomic E-state index is -4.78. The lowest BCUT2D eigenvalue weighted by atomic mass is 9.93. The lowest BCUT2D eigenvalue weighted by Crippen LogP contribution is -2.43. The number of halogens is 4. The molecule has 0 aliphatic carbocycles. The quantitative estimate of drug-likeness (QED) is 0.332. The first kappa shape index (κ1) is 29.2. The van der Waals surface area contributed by atoms with E-state index in [0.717, 1.165) is 5.56 Å². The summed E-state index contributed by atoms with van der Waals surface area (Å²) in [6, 6.07) is 20.9. The number of amides is 2. The Kier molecular flexibility index (Phi) is 9.89. The van der Waals surface area contributed by atoms with Crippen LogP contribution < -0.4 is 15.4 Å². The second-order valence-electron chi connectivity index (χ2n) is 9.23. The fourth-order valence-corrected chi connectivity index (χ4v) is 4.50. The van der Waals surface area contributed by atoms with Crippen LogP contribution >= 0.6 is 11.6 Å². The molecule has 0 aromatic heterocycles. The minimum absolute atomic E-state index is 0.0247. The van der Waals surface area contributed by atoms with Crippen molar-refractivity contribution in [2.45, 2.75) is 24.7 Å². The number of hydrogen-bond donors (Lipinski definition) is 2. The van der Waals surface area contributed by atoms with Gasteiger partial charge < -0.3 is 25.0 Å². The number of rotatable bonds is 10. The molecule has 3 aromatic rings. The van der Waals surface area contributed by atoms with E-state index >= 15 is 0 Å². The highest BCUT2D eigenvalue weighted by molar-refractivity contribution is 6.30. The number of nitrogens with one attached hydrogen (secondary N) is 2. The monoisotopic (exact) mass is 575 g/mol. The normalized spacial score (nSPS) is 15.2. The predicted molar refractivity (Wildman–Crippen MR) is 145 cm³/mol. The average molecular weight is 576 g/mol. The Labute approximate surface area is 235 Å². The van der Waals surface area contributed by atoms with Crippen molar-refractivity contribution in [3.8, 4) is 5.75 Å². The molecule has 0 unspecified atom stereocenters. The van der Waals surface area contributed by atoms with E-state index in [1.165, 1.54) is 24.3 Å². The number of anilines is 1. The molecule has 1 fully saturated rings. The first-order chi connectivity index (χ1) is 19.2. The summed E-state index contributed by atoms with van der Waals surface area (Å²) >= 11 is 6.07. The SMILES string of the molecule is O=C(N[C@H](CNc1ccc(OC(F)(F)F)cc1)c1ccccc1)[C@@H](CC(=O)N1CCOCC1)c1ccc(Cl)cc1. The number of hydrogen-bond acceptors (Lipinski definition) is 5. The molecule has 3 aromatic carbocycles. The summed E-state index contributed by atoms with van der Waals surface area (Å²) in [5, 5.41) is 6.74. The highest BCUT2D eigenvalue weighted by atomic mass is 35.5. The number of morpholine rings is 1. The molecule has 212 valence electrons. The lowest BCUT2D eigenvalue weighted by molar-refractivity contribution is -0.274. The number of carbonyl (C=O) groups excluding carboxylic acids is 2. The number of ether oxygens (including phenoxy) is 2. The van der Waals surface area contributed by atoms with Crippen molar-refractivity contribution in [1.29, 1.82) is 0 Å². The molecule has 1 saturated heterocycles. The van der Waals surface area contributed by atoms with E-state index in [1.807, 2.05) is 30.3 Å². The van der Waals surface area contributed by atoms with Crippen molar-refractivity contribution in [3.05, 3.63) is 95.0 Å². The molecular formula is C29H29ClF3N3O4. The van der Waals surface area contributed by atoms with Gasteiger partial charge in [-0.2, -0.15) is 0 Å². The maximum absolute atomic E-state index is 13.7. The van der Waals surface area contributed by atoms with E-state index in [1.54, 1.807) is 29.2 Å². The molecule has 0 spiro atoms. The molecule has 1 aliphatic heterocycles. The van der Waals surface area contributed by atoms with Crippen LogP contribution in [-0.2, 0) is 14.3 Å². The number of carbonyl (C=O) groups is 2. The molecular weight excluding hydrogens is 547 g/mol. The summed E-state index contributed by atoms with van der Waals surface area (Å²) in [6.45, 7) is 2.08. The van der Waals surface area contributed by atoms with Crippen LogP contribution in [0.1, 0.15) is 29.5 Å². The third-order valence-corrected chi connectivity index (χ3v) is 6.70. The summed E-state index contributed by atoms with van der Waals surface area (Å²) in [6.07, 6.45) is -4.80. The van der Waals surface area contributed by atoms with Crippen LogP contribution in [0.15, 0.2) is 78.9 Å². The van der Waals surface area contributed by atoms with Crippen molar-refractivity contribution in [2.24, 2.45) is 0 Å². The van der Waals surface area contributed by atoms with Gasteiger partial charge in [-0.3, -0.25) is 9.59 Å². The molecule has 2 amide bonds. The van der Waals surface area contributed by atoms with E-state index in [-0.39, 0.29) is 30.5 Å². The summed E-state index contributed by atoms with van der Waals surface area (Å²) in [5.41, 5.74) is 2.01. The molecule has 40 heavy (non-hydrogen) atoms. The third kappa shape index (κ3) is 8.62. The zero-order valence-electron chi connectivity index (χ0n) is 21.5. The first-order valence-electron chi connectivity index (χ1n) is 12.7. The fourth-order valence-electron chi connectivity index (χ4n) is 4.38. The van der Waals surface area contributed by atoms with Gasteiger partial charge in [-0.15, -0.1) is 13.2 Å². The van der Waals surface area contributed by atoms with Gasteiger partial charge in [0.15, 0.2) is 0 Å². The highest BCUT2D eigenvalue weighted by Crippen LogP contribution is 2.27. The van der Waals surface area contributed by atoms with Gasteiger partial charge in [-0.1, -0.05) is 54.1 Å². The maximum Gasteiger partial charge on any atom is 0.573 e. The number of nitrogens with zero attached hydrogens (tertiary/aromatic N) is 1. The van der Waals surface area contributed by atoms with E-state index in [0.29, 0.717) is 42.6 Å². The van der Waals surface area contributed by atoms with Gasteiger partial charge in [0.05, 0.1) is 25.2 Å². The summed E-state index contributed by atoms with van der Waals surface area (Å²) in [4.78, 5) is 28.5. The second-order valence-corrected chi connectivity index (χ2v) is 9.66. The molecule has 1 heterocycles. The Bertz CT molecular complexity index is 1250. The summed E-state index contributed by atoms with van der Waals surface area (Å²) < 4.78 is 46.7. The molecule has 0 radical (unpaired) electrons. The van der Waals surface area contributed by atoms with Crippen molar-refractivity contribution in [1.82, 2.24) is 10.2 Å².